The average molecular weight is 343 g/mol. The lowest BCUT2D eigenvalue weighted by molar-refractivity contribution is 0.515. The van der Waals surface area contributed by atoms with Crippen molar-refractivity contribution in [1.29, 1.82) is 0 Å². The minimum atomic E-state index is 0.582. The second kappa shape index (κ2) is 5.54. The zero-order chi connectivity index (χ0) is 14.4. The second-order valence-electron chi connectivity index (χ2n) is 5.93. The highest BCUT2D eigenvalue weighted by Crippen LogP contribution is 2.39. The molecule has 0 bridgehead atoms. The molecule has 2 fully saturated rings. The van der Waals surface area contributed by atoms with E-state index in [-0.39, 0.29) is 0 Å². The number of aromatic nitrogens is 2. The molecule has 1 aliphatic carbocycles. The Balaban J connectivity index is 1.57. The van der Waals surface area contributed by atoms with Crippen LogP contribution in [0.3, 0.4) is 0 Å². The Morgan fingerprint density at radius 2 is 2.00 bits per heavy atom. The predicted molar refractivity (Wildman–Crippen MR) is 88.8 cm³/mol. The van der Waals surface area contributed by atoms with Gasteiger partial charge in [0.1, 0.15) is 11.0 Å². The molecule has 1 saturated carbocycles. The topological polar surface area (TPSA) is 41.1 Å². The molecule has 1 N–H and O–H groups in total. The molecule has 112 valence electrons. The summed E-state index contributed by atoms with van der Waals surface area (Å²) in [7, 11) is 0. The summed E-state index contributed by atoms with van der Waals surface area (Å²) >= 11 is 13.8. The van der Waals surface area contributed by atoms with E-state index in [1.165, 1.54) is 31.0 Å². The van der Waals surface area contributed by atoms with Crippen LogP contribution >= 0.6 is 34.9 Å². The van der Waals surface area contributed by atoms with Crippen LogP contribution in [0.25, 0.3) is 11.0 Å². The number of benzene rings is 1. The van der Waals surface area contributed by atoms with Crippen LogP contribution in [0.1, 0.15) is 19.3 Å². The molecule has 0 radical (unpaired) electrons. The number of nitrogens with zero attached hydrogens (tertiary/aromatic N) is 3. The zero-order valence-electron chi connectivity index (χ0n) is 11.5. The lowest BCUT2D eigenvalue weighted by Gasteiger charge is -2.20. The molecule has 1 atom stereocenters. The number of hydrogen-bond donors (Lipinski definition) is 1. The van der Waals surface area contributed by atoms with E-state index in [2.05, 4.69) is 19.0 Å². The number of rotatable bonds is 4. The molecular weight excluding hydrogens is 327 g/mol. The summed E-state index contributed by atoms with van der Waals surface area (Å²) in [5.74, 6) is 0.680. The van der Waals surface area contributed by atoms with Crippen LogP contribution in [0.15, 0.2) is 6.07 Å². The molecule has 4 nitrogen and oxygen atoms in total. The maximum atomic E-state index is 6.43. The highest BCUT2D eigenvalue weighted by Gasteiger charge is 2.29. The molecule has 1 aromatic heterocycles. The first-order valence-corrected chi connectivity index (χ1v) is 8.79. The van der Waals surface area contributed by atoms with Gasteiger partial charge in [-0.05, 0) is 37.8 Å². The molecule has 0 amide bonds. The third kappa shape index (κ3) is 2.72. The lowest BCUT2D eigenvalue weighted by atomic mass is 10.1. The first-order chi connectivity index (χ1) is 10.2. The Kier molecular flexibility index (Phi) is 3.69. The van der Waals surface area contributed by atoms with E-state index in [1.807, 2.05) is 0 Å². The Labute approximate surface area is 137 Å². The summed E-state index contributed by atoms with van der Waals surface area (Å²) in [5, 5.41) is 4.88. The van der Waals surface area contributed by atoms with Crippen molar-refractivity contribution in [3.63, 3.8) is 0 Å². The third-order valence-corrected chi connectivity index (χ3v) is 5.40. The highest BCUT2D eigenvalue weighted by atomic mass is 35.5. The third-order valence-electron chi connectivity index (χ3n) is 4.29. The molecule has 1 aromatic carbocycles. The zero-order valence-corrected chi connectivity index (χ0v) is 13.8. The maximum absolute atomic E-state index is 6.43. The SMILES string of the molecule is Clc1cc(Cl)c2nsnc2c1N1CCC(CNC2CC2)C1. The van der Waals surface area contributed by atoms with Crippen molar-refractivity contribution in [1.82, 2.24) is 14.1 Å². The van der Waals surface area contributed by atoms with Crippen LogP contribution in [-0.2, 0) is 0 Å². The van der Waals surface area contributed by atoms with Crippen LogP contribution in [0, 0.1) is 5.92 Å². The van der Waals surface area contributed by atoms with Gasteiger partial charge in [-0.15, -0.1) is 0 Å². The largest absolute Gasteiger partial charge is 0.368 e. The fourth-order valence-electron chi connectivity index (χ4n) is 2.99. The standard InChI is InChI=1S/C14H16Cl2N4S/c15-10-5-11(16)14(13-12(10)18-21-19-13)20-4-3-8(7-20)6-17-9-1-2-9/h5,8-9,17H,1-4,6-7H2. The van der Waals surface area contributed by atoms with Crippen LogP contribution in [0.2, 0.25) is 10.0 Å². The molecule has 1 unspecified atom stereocenters. The van der Waals surface area contributed by atoms with Crippen LogP contribution in [0.5, 0.6) is 0 Å². The van der Waals surface area contributed by atoms with Gasteiger partial charge in [0.25, 0.3) is 0 Å². The van der Waals surface area contributed by atoms with Crippen LogP contribution < -0.4 is 10.2 Å². The Morgan fingerprint density at radius 1 is 1.19 bits per heavy atom. The normalized spacial score (nSPS) is 22.4. The summed E-state index contributed by atoms with van der Waals surface area (Å²) in [6.07, 6.45) is 3.87. The van der Waals surface area contributed by atoms with Gasteiger partial charge in [-0.3, -0.25) is 0 Å². The molecule has 1 aliphatic heterocycles. The summed E-state index contributed by atoms with van der Waals surface area (Å²) < 4.78 is 8.68. The quantitative estimate of drug-likeness (QED) is 0.921. The number of anilines is 1. The van der Waals surface area contributed by atoms with E-state index in [0.717, 1.165) is 42.4 Å². The van der Waals surface area contributed by atoms with Crippen molar-refractivity contribution in [3.05, 3.63) is 16.1 Å². The predicted octanol–water partition coefficient (Wildman–Crippen LogP) is 3.58. The van der Waals surface area contributed by atoms with Gasteiger partial charge in [0.2, 0.25) is 0 Å². The van der Waals surface area contributed by atoms with E-state index in [1.54, 1.807) is 6.07 Å². The van der Waals surface area contributed by atoms with Gasteiger partial charge < -0.3 is 10.2 Å². The van der Waals surface area contributed by atoms with Gasteiger partial charge in [0.15, 0.2) is 0 Å². The Morgan fingerprint density at radius 3 is 2.81 bits per heavy atom. The summed E-state index contributed by atoms with van der Waals surface area (Å²) in [6, 6.07) is 2.56. The lowest BCUT2D eigenvalue weighted by Crippen LogP contribution is -2.27. The highest BCUT2D eigenvalue weighted by molar-refractivity contribution is 7.00. The van der Waals surface area contributed by atoms with Crippen molar-refractivity contribution in [3.8, 4) is 0 Å². The molecule has 2 aliphatic rings. The first-order valence-electron chi connectivity index (χ1n) is 7.31. The van der Waals surface area contributed by atoms with Crippen molar-refractivity contribution >= 4 is 51.7 Å². The molecule has 7 heteroatoms. The molecule has 2 aromatic rings. The van der Waals surface area contributed by atoms with E-state index in [9.17, 15) is 0 Å². The monoisotopic (exact) mass is 342 g/mol. The Bertz CT molecular complexity index is 670. The van der Waals surface area contributed by atoms with Gasteiger partial charge in [-0.2, -0.15) is 8.75 Å². The molecule has 0 spiro atoms. The Hall–Kier alpha value is -0.620. The van der Waals surface area contributed by atoms with E-state index in [4.69, 9.17) is 23.2 Å². The van der Waals surface area contributed by atoms with Crippen molar-refractivity contribution in [2.75, 3.05) is 24.5 Å². The average Bonchev–Trinajstić information content (AvgIpc) is 2.97. The van der Waals surface area contributed by atoms with Gasteiger partial charge >= 0.3 is 0 Å². The van der Waals surface area contributed by atoms with Crippen molar-refractivity contribution < 1.29 is 0 Å². The maximum Gasteiger partial charge on any atom is 0.131 e. The molecular formula is C14H16Cl2N4S. The van der Waals surface area contributed by atoms with Gasteiger partial charge in [0, 0.05) is 19.1 Å². The number of hydrogen-bond acceptors (Lipinski definition) is 5. The van der Waals surface area contributed by atoms with Crippen LogP contribution in [-0.4, -0.2) is 34.4 Å². The van der Waals surface area contributed by atoms with Gasteiger partial charge in [-0.25, -0.2) is 0 Å². The van der Waals surface area contributed by atoms with Crippen molar-refractivity contribution in [2.24, 2.45) is 5.92 Å². The fourth-order valence-corrected chi connectivity index (χ4v) is 4.21. The van der Waals surface area contributed by atoms with Gasteiger partial charge in [0.05, 0.1) is 27.5 Å². The minimum Gasteiger partial charge on any atom is -0.368 e. The second-order valence-corrected chi connectivity index (χ2v) is 7.28. The molecule has 1 saturated heterocycles. The minimum absolute atomic E-state index is 0.582. The van der Waals surface area contributed by atoms with E-state index in [0.29, 0.717) is 16.0 Å². The molecule has 21 heavy (non-hydrogen) atoms. The van der Waals surface area contributed by atoms with Crippen molar-refractivity contribution in [2.45, 2.75) is 25.3 Å². The summed E-state index contributed by atoms with van der Waals surface area (Å²) in [6.45, 7) is 3.14. The molecule has 2 heterocycles. The molecule has 4 rings (SSSR count). The van der Waals surface area contributed by atoms with Crippen LogP contribution in [0.4, 0.5) is 5.69 Å². The number of halogens is 2. The fraction of sp³-hybridized carbons (Fsp3) is 0.571. The van der Waals surface area contributed by atoms with Gasteiger partial charge in [-0.1, -0.05) is 23.2 Å². The number of fused-ring (bicyclic) bond motifs is 1. The summed E-state index contributed by atoms with van der Waals surface area (Å²) in [5.41, 5.74) is 2.60. The summed E-state index contributed by atoms with van der Waals surface area (Å²) in [4.78, 5) is 2.33. The first kappa shape index (κ1) is 14.0. The van der Waals surface area contributed by atoms with E-state index < -0.39 is 0 Å². The smallest absolute Gasteiger partial charge is 0.131 e. The van der Waals surface area contributed by atoms with E-state index >= 15 is 0 Å². The number of nitrogens with one attached hydrogen (secondary N) is 1.